The van der Waals surface area contributed by atoms with Crippen LogP contribution in [-0.4, -0.2) is 25.6 Å². The quantitative estimate of drug-likeness (QED) is 0.248. The Morgan fingerprint density at radius 3 is 2.56 bits per heavy atom. The Kier molecular flexibility index (Phi) is 5.93. The van der Waals surface area contributed by atoms with Gasteiger partial charge in [0.2, 0.25) is 0 Å². The predicted octanol–water partition coefficient (Wildman–Crippen LogP) is 4.08. The van der Waals surface area contributed by atoms with Gasteiger partial charge in [-0.1, -0.05) is 36.4 Å². The molecule has 1 aliphatic heterocycles. The molecule has 0 bridgehead atoms. The molecule has 0 radical (unpaired) electrons. The summed E-state index contributed by atoms with van der Waals surface area (Å²) in [5.41, 5.74) is 8.88. The minimum Gasteiger partial charge on any atom is -0.493 e. The molecule has 5 rings (SSSR count). The number of hydrogen-bond acceptors (Lipinski definition) is 7. The number of amides is 1. The van der Waals surface area contributed by atoms with Crippen LogP contribution in [-0.2, 0) is 9.59 Å². The molecule has 0 saturated carbocycles. The number of nitrogens with two attached hydrogens (primary N) is 1. The summed E-state index contributed by atoms with van der Waals surface area (Å²) in [6.07, 6.45) is 0.0956. The summed E-state index contributed by atoms with van der Waals surface area (Å²) in [6.45, 7) is 1.57. The van der Waals surface area contributed by atoms with Crippen molar-refractivity contribution in [3.05, 3.63) is 87.8 Å². The second kappa shape index (κ2) is 9.22. The van der Waals surface area contributed by atoms with E-state index in [-0.39, 0.29) is 18.9 Å². The minimum atomic E-state index is -0.619. The number of fused-ring (bicyclic) bond motifs is 3. The molecule has 2 N–H and O–H groups in total. The number of aryl methyl sites for hydroxylation is 1. The van der Waals surface area contributed by atoms with Crippen LogP contribution in [0.5, 0.6) is 17.2 Å². The van der Waals surface area contributed by atoms with Gasteiger partial charge in [0, 0.05) is 23.1 Å². The van der Waals surface area contributed by atoms with Gasteiger partial charge in [0.15, 0.2) is 18.1 Å². The first kappa shape index (κ1) is 23.2. The van der Waals surface area contributed by atoms with Crippen LogP contribution in [0.15, 0.2) is 69.9 Å². The van der Waals surface area contributed by atoms with Gasteiger partial charge in [-0.2, -0.15) is 0 Å². The molecule has 1 amide bonds. The van der Waals surface area contributed by atoms with Crippen molar-refractivity contribution in [2.24, 2.45) is 5.73 Å². The molecule has 0 saturated heterocycles. The summed E-state index contributed by atoms with van der Waals surface area (Å²) in [5.74, 6) is -0.274. The predicted molar refractivity (Wildman–Crippen MR) is 132 cm³/mol. The van der Waals surface area contributed by atoms with E-state index in [0.29, 0.717) is 33.8 Å². The molecule has 4 aromatic rings. The first-order chi connectivity index (χ1) is 17.4. The van der Waals surface area contributed by atoms with Crippen LogP contribution in [0.2, 0.25) is 0 Å². The Bertz CT molecular complexity index is 1560. The first-order valence-corrected chi connectivity index (χ1v) is 11.3. The smallest absolute Gasteiger partial charge is 0.336 e. The third-order valence-corrected chi connectivity index (χ3v) is 6.21. The zero-order valence-electron chi connectivity index (χ0n) is 19.7. The van der Waals surface area contributed by atoms with Crippen LogP contribution in [0.25, 0.3) is 22.1 Å². The molecule has 1 aromatic heterocycles. The van der Waals surface area contributed by atoms with Crippen molar-refractivity contribution < 1.29 is 28.2 Å². The van der Waals surface area contributed by atoms with Gasteiger partial charge in [-0.15, -0.1) is 0 Å². The summed E-state index contributed by atoms with van der Waals surface area (Å²) in [5, 5.41) is 0.554. The molecule has 8 nitrogen and oxygen atoms in total. The van der Waals surface area contributed by atoms with Crippen LogP contribution in [0, 0.1) is 6.92 Å². The van der Waals surface area contributed by atoms with Crippen LogP contribution in [0.4, 0.5) is 0 Å². The molecule has 182 valence electrons. The minimum absolute atomic E-state index is 0.0956. The van der Waals surface area contributed by atoms with Gasteiger partial charge < -0.3 is 24.4 Å². The number of carbonyl (C=O) groups is 2. The second-order valence-electron chi connectivity index (χ2n) is 8.55. The highest BCUT2D eigenvalue weighted by Gasteiger charge is 2.33. The number of esters is 1. The van der Waals surface area contributed by atoms with E-state index in [2.05, 4.69) is 0 Å². The van der Waals surface area contributed by atoms with Crippen LogP contribution >= 0.6 is 0 Å². The average molecular weight is 485 g/mol. The highest BCUT2D eigenvalue weighted by atomic mass is 16.5. The number of rotatable bonds is 6. The fourth-order valence-electron chi connectivity index (χ4n) is 4.70. The standard InChI is InChI=1S/C28H23NO7/c1-15-10-22-27(18(12-24(31)35-22)16-6-4-3-5-7-16)28-26(15)19(13-25(32)36-28)17-8-9-20(33-2)21(11-17)34-14-23(29)30/h3-12,19H,13-14H2,1-2H3,(H2,29,30)/t19-/m0/s1. The normalized spacial score (nSPS) is 14.7. The second-order valence-corrected chi connectivity index (χ2v) is 8.55. The Balaban J connectivity index is 1.73. The lowest BCUT2D eigenvalue weighted by Crippen LogP contribution is -2.23. The number of benzene rings is 3. The highest BCUT2D eigenvalue weighted by molar-refractivity contribution is 6.01. The number of carbonyl (C=O) groups excluding carboxylic acids is 2. The van der Waals surface area contributed by atoms with E-state index in [0.717, 1.165) is 22.3 Å². The van der Waals surface area contributed by atoms with Crippen LogP contribution in [0.3, 0.4) is 0 Å². The van der Waals surface area contributed by atoms with Gasteiger partial charge in [0.1, 0.15) is 11.3 Å². The Labute approximate surface area is 206 Å². The third-order valence-electron chi connectivity index (χ3n) is 6.21. The lowest BCUT2D eigenvalue weighted by molar-refractivity contribution is -0.135. The van der Waals surface area contributed by atoms with Crippen molar-refractivity contribution in [1.29, 1.82) is 0 Å². The largest absolute Gasteiger partial charge is 0.493 e. The monoisotopic (exact) mass is 485 g/mol. The van der Waals surface area contributed by atoms with Gasteiger partial charge in [0.05, 0.1) is 18.9 Å². The molecular formula is C28H23NO7. The van der Waals surface area contributed by atoms with Crippen molar-refractivity contribution in [2.45, 2.75) is 19.3 Å². The number of hydrogen-bond donors (Lipinski definition) is 1. The molecule has 0 unspecified atom stereocenters. The molecule has 2 heterocycles. The van der Waals surface area contributed by atoms with Crippen molar-refractivity contribution in [1.82, 2.24) is 0 Å². The fraction of sp³-hybridized carbons (Fsp3) is 0.179. The van der Waals surface area contributed by atoms with E-state index in [1.165, 1.54) is 13.2 Å². The molecular weight excluding hydrogens is 462 g/mol. The zero-order chi connectivity index (χ0) is 25.4. The molecule has 0 aliphatic carbocycles. The van der Waals surface area contributed by atoms with E-state index < -0.39 is 17.5 Å². The van der Waals surface area contributed by atoms with Gasteiger partial charge in [0.25, 0.3) is 5.91 Å². The van der Waals surface area contributed by atoms with Crippen molar-refractivity contribution in [2.75, 3.05) is 13.7 Å². The van der Waals surface area contributed by atoms with E-state index in [1.54, 1.807) is 18.2 Å². The highest BCUT2D eigenvalue weighted by Crippen LogP contribution is 2.48. The summed E-state index contributed by atoms with van der Waals surface area (Å²) < 4.78 is 22.3. The van der Waals surface area contributed by atoms with E-state index >= 15 is 0 Å². The fourth-order valence-corrected chi connectivity index (χ4v) is 4.70. The van der Waals surface area contributed by atoms with Crippen molar-refractivity contribution in [3.63, 3.8) is 0 Å². The molecule has 3 aromatic carbocycles. The topological polar surface area (TPSA) is 118 Å². The maximum absolute atomic E-state index is 12.9. The summed E-state index contributed by atoms with van der Waals surface area (Å²) in [7, 11) is 1.49. The molecule has 1 aliphatic rings. The van der Waals surface area contributed by atoms with E-state index in [9.17, 15) is 14.4 Å². The summed E-state index contributed by atoms with van der Waals surface area (Å²) >= 11 is 0. The Morgan fingerprint density at radius 1 is 1.06 bits per heavy atom. The van der Waals surface area contributed by atoms with Gasteiger partial charge in [-0.25, -0.2) is 4.79 Å². The maximum Gasteiger partial charge on any atom is 0.336 e. The number of ether oxygens (including phenoxy) is 3. The van der Waals surface area contributed by atoms with Gasteiger partial charge in [-0.3, -0.25) is 9.59 Å². The summed E-state index contributed by atoms with van der Waals surface area (Å²) in [6, 6.07) is 17.9. The average Bonchev–Trinajstić information content (AvgIpc) is 2.86. The SMILES string of the molecule is COc1ccc([C@@H]2CC(=O)Oc3c2c(C)cc2oc(=O)cc(-c4ccccc4)c32)cc1OCC(N)=O. The molecule has 0 spiro atoms. The summed E-state index contributed by atoms with van der Waals surface area (Å²) in [4.78, 5) is 36.5. The Morgan fingerprint density at radius 2 is 1.83 bits per heavy atom. The lowest BCUT2D eigenvalue weighted by atomic mass is 9.82. The molecule has 36 heavy (non-hydrogen) atoms. The lowest BCUT2D eigenvalue weighted by Gasteiger charge is -2.28. The van der Waals surface area contributed by atoms with E-state index in [1.807, 2.05) is 43.3 Å². The molecule has 0 fully saturated rings. The molecule has 8 heteroatoms. The van der Waals surface area contributed by atoms with Crippen LogP contribution in [0.1, 0.15) is 29.0 Å². The first-order valence-electron chi connectivity index (χ1n) is 11.3. The maximum atomic E-state index is 12.9. The van der Waals surface area contributed by atoms with Gasteiger partial charge in [-0.05, 0) is 41.8 Å². The number of primary amides is 1. The molecule has 1 atom stereocenters. The van der Waals surface area contributed by atoms with Gasteiger partial charge >= 0.3 is 11.6 Å². The van der Waals surface area contributed by atoms with Crippen LogP contribution < -0.4 is 25.6 Å². The Hall–Kier alpha value is -4.59. The number of methoxy groups -OCH3 is 1. The van der Waals surface area contributed by atoms with E-state index in [4.69, 9.17) is 24.4 Å². The third kappa shape index (κ3) is 4.17. The van der Waals surface area contributed by atoms with Crippen molar-refractivity contribution in [3.8, 4) is 28.4 Å². The zero-order valence-corrected chi connectivity index (χ0v) is 19.7. The van der Waals surface area contributed by atoms with Crippen molar-refractivity contribution >= 4 is 22.8 Å².